The summed E-state index contributed by atoms with van der Waals surface area (Å²) in [7, 11) is 0. The van der Waals surface area contributed by atoms with Gasteiger partial charge in [-0.15, -0.1) is 0 Å². The summed E-state index contributed by atoms with van der Waals surface area (Å²) in [5, 5.41) is 3.76. The van der Waals surface area contributed by atoms with Crippen LogP contribution in [0.1, 0.15) is 35.3 Å². The zero-order chi connectivity index (χ0) is 17.5. The Hall–Kier alpha value is -2.04. The molecule has 0 bridgehead atoms. The summed E-state index contributed by atoms with van der Waals surface area (Å²) >= 11 is 12.5. The first kappa shape index (κ1) is 16.8. The number of fused-ring (bicyclic) bond motifs is 1. The van der Waals surface area contributed by atoms with Gasteiger partial charge in [-0.2, -0.15) is 0 Å². The van der Waals surface area contributed by atoms with E-state index in [1.54, 1.807) is 50.2 Å². The SMILES string of the molecule is CCOC(=O)c1ccc(Cl)c([C@]2(C)C(=O)Nc3ccc(Cl)cc32)c1. The monoisotopic (exact) mass is 363 g/mol. The number of rotatable bonds is 3. The van der Waals surface area contributed by atoms with Crippen LogP contribution in [-0.4, -0.2) is 18.5 Å². The van der Waals surface area contributed by atoms with Gasteiger partial charge in [-0.05, 0) is 61.4 Å². The van der Waals surface area contributed by atoms with E-state index in [0.717, 1.165) is 5.56 Å². The minimum Gasteiger partial charge on any atom is -0.462 e. The van der Waals surface area contributed by atoms with Crippen LogP contribution in [0.15, 0.2) is 36.4 Å². The highest BCUT2D eigenvalue weighted by Crippen LogP contribution is 2.46. The quantitative estimate of drug-likeness (QED) is 0.820. The fourth-order valence-electron chi connectivity index (χ4n) is 2.93. The standard InChI is InChI=1S/C18H15Cl2NO3/c1-3-24-16(22)10-4-6-14(20)12(8-10)18(2)13-9-11(19)5-7-15(13)21-17(18)23/h4-9H,3H2,1-2H3,(H,21,23)/t18-/m0/s1. The van der Waals surface area contributed by atoms with Gasteiger partial charge in [0.05, 0.1) is 17.6 Å². The van der Waals surface area contributed by atoms with Crippen LogP contribution >= 0.6 is 23.2 Å². The molecule has 0 radical (unpaired) electrons. The molecular formula is C18H15Cl2NO3. The average Bonchev–Trinajstić information content (AvgIpc) is 2.80. The second-order valence-corrected chi connectivity index (χ2v) is 6.53. The lowest BCUT2D eigenvalue weighted by molar-refractivity contribution is -0.119. The summed E-state index contributed by atoms with van der Waals surface area (Å²) in [4.78, 5) is 24.7. The highest BCUT2D eigenvalue weighted by Gasteiger charge is 2.45. The molecule has 0 saturated carbocycles. The molecule has 0 unspecified atom stereocenters. The van der Waals surface area contributed by atoms with Crippen LogP contribution in [-0.2, 0) is 14.9 Å². The summed E-state index contributed by atoms with van der Waals surface area (Å²) in [6.45, 7) is 3.77. The van der Waals surface area contributed by atoms with E-state index in [1.807, 2.05) is 0 Å². The van der Waals surface area contributed by atoms with Gasteiger partial charge in [0.2, 0.25) is 5.91 Å². The number of hydrogen-bond donors (Lipinski definition) is 1. The van der Waals surface area contributed by atoms with Crippen LogP contribution in [0.25, 0.3) is 0 Å². The van der Waals surface area contributed by atoms with Crippen LogP contribution in [0.3, 0.4) is 0 Å². The molecule has 0 fully saturated rings. The first-order valence-electron chi connectivity index (χ1n) is 7.46. The van der Waals surface area contributed by atoms with Gasteiger partial charge in [0, 0.05) is 15.7 Å². The van der Waals surface area contributed by atoms with Gasteiger partial charge in [-0.1, -0.05) is 23.2 Å². The van der Waals surface area contributed by atoms with E-state index in [0.29, 0.717) is 26.9 Å². The molecule has 24 heavy (non-hydrogen) atoms. The zero-order valence-electron chi connectivity index (χ0n) is 13.2. The van der Waals surface area contributed by atoms with E-state index in [4.69, 9.17) is 27.9 Å². The van der Waals surface area contributed by atoms with E-state index >= 15 is 0 Å². The van der Waals surface area contributed by atoms with Crippen LogP contribution in [0.4, 0.5) is 5.69 Å². The first-order valence-corrected chi connectivity index (χ1v) is 8.22. The molecule has 1 N–H and O–H groups in total. The summed E-state index contributed by atoms with van der Waals surface area (Å²) < 4.78 is 5.03. The Labute approximate surface area is 149 Å². The van der Waals surface area contributed by atoms with Gasteiger partial charge < -0.3 is 10.1 Å². The number of esters is 1. The molecule has 0 aromatic heterocycles. The van der Waals surface area contributed by atoms with E-state index in [-0.39, 0.29) is 12.5 Å². The third-order valence-electron chi connectivity index (χ3n) is 4.24. The summed E-state index contributed by atoms with van der Waals surface area (Å²) in [5.74, 6) is -0.675. The van der Waals surface area contributed by atoms with E-state index in [1.165, 1.54) is 0 Å². The lowest BCUT2D eigenvalue weighted by Gasteiger charge is -2.24. The van der Waals surface area contributed by atoms with Crippen molar-refractivity contribution in [1.29, 1.82) is 0 Å². The molecular weight excluding hydrogens is 349 g/mol. The predicted molar refractivity (Wildman–Crippen MR) is 93.9 cm³/mol. The van der Waals surface area contributed by atoms with Crippen LogP contribution in [0.5, 0.6) is 0 Å². The fraction of sp³-hybridized carbons (Fsp3) is 0.222. The van der Waals surface area contributed by atoms with Crippen molar-refractivity contribution < 1.29 is 14.3 Å². The molecule has 1 atom stereocenters. The largest absolute Gasteiger partial charge is 0.462 e. The number of anilines is 1. The Morgan fingerprint density at radius 1 is 1.17 bits per heavy atom. The van der Waals surface area contributed by atoms with Gasteiger partial charge in [-0.25, -0.2) is 4.79 Å². The van der Waals surface area contributed by atoms with Crippen LogP contribution in [0, 0.1) is 0 Å². The minimum atomic E-state index is -1.04. The highest BCUT2D eigenvalue weighted by molar-refractivity contribution is 6.33. The topological polar surface area (TPSA) is 55.4 Å². The Kier molecular flexibility index (Phi) is 4.28. The van der Waals surface area contributed by atoms with Crippen molar-refractivity contribution in [2.45, 2.75) is 19.3 Å². The maximum Gasteiger partial charge on any atom is 0.338 e. The molecule has 1 aliphatic rings. The van der Waals surface area contributed by atoms with Crippen molar-refractivity contribution in [3.05, 3.63) is 63.1 Å². The smallest absolute Gasteiger partial charge is 0.338 e. The third kappa shape index (κ3) is 2.56. The zero-order valence-corrected chi connectivity index (χ0v) is 14.7. The average molecular weight is 364 g/mol. The number of halogens is 2. The molecule has 1 aliphatic heterocycles. The number of amides is 1. The number of carbonyl (C=O) groups is 2. The predicted octanol–water partition coefficient (Wildman–Crippen LogP) is 4.43. The Bertz CT molecular complexity index is 850. The lowest BCUT2D eigenvalue weighted by atomic mass is 9.77. The molecule has 2 aromatic carbocycles. The van der Waals surface area contributed by atoms with Crippen molar-refractivity contribution in [2.24, 2.45) is 0 Å². The summed E-state index contributed by atoms with van der Waals surface area (Å²) in [5.41, 5.74) is 1.25. The Morgan fingerprint density at radius 2 is 1.92 bits per heavy atom. The lowest BCUT2D eigenvalue weighted by Crippen LogP contribution is -2.33. The molecule has 3 rings (SSSR count). The van der Waals surface area contributed by atoms with E-state index in [2.05, 4.69) is 5.32 Å². The van der Waals surface area contributed by atoms with Crippen molar-refractivity contribution in [2.75, 3.05) is 11.9 Å². The Balaban J connectivity index is 2.18. The normalized spacial score (nSPS) is 18.9. The molecule has 0 aliphatic carbocycles. The van der Waals surface area contributed by atoms with E-state index in [9.17, 15) is 9.59 Å². The minimum absolute atomic E-state index is 0.220. The summed E-state index contributed by atoms with van der Waals surface area (Å²) in [6.07, 6.45) is 0. The number of ether oxygens (including phenoxy) is 1. The molecule has 124 valence electrons. The van der Waals surface area contributed by atoms with Crippen molar-refractivity contribution >= 4 is 40.8 Å². The van der Waals surface area contributed by atoms with Crippen molar-refractivity contribution in [3.63, 3.8) is 0 Å². The van der Waals surface area contributed by atoms with Gasteiger partial charge >= 0.3 is 5.97 Å². The van der Waals surface area contributed by atoms with Gasteiger partial charge in [0.15, 0.2) is 0 Å². The number of benzene rings is 2. The number of carbonyl (C=O) groups excluding carboxylic acids is 2. The van der Waals surface area contributed by atoms with Gasteiger partial charge in [0.1, 0.15) is 0 Å². The van der Waals surface area contributed by atoms with Gasteiger partial charge in [-0.3, -0.25) is 4.79 Å². The van der Waals surface area contributed by atoms with Crippen LogP contribution < -0.4 is 5.32 Å². The fourth-order valence-corrected chi connectivity index (χ4v) is 3.40. The number of hydrogen-bond acceptors (Lipinski definition) is 3. The van der Waals surface area contributed by atoms with Crippen molar-refractivity contribution in [1.82, 2.24) is 0 Å². The molecule has 1 amide bonds. The molecule has 4 nitrogen and oxygen atoms in total. The van der Waals surface area contributed by atoms with E-state index < -0.39 is 11.4 Å². The van der Waals surface area contributed by atoms with Gasteiger partial charge in [0.25, 0.3) is 0 Å². The molecule has 2 aromatic rings. The second kappa shape index (κ2) is 6.11. The maximum absolute atomic E-state index is 12.7. The summed E-state index contributed by atoms with van der Waals surface area (Å²) in [6, 6.07) is 9.99. The highest BCUT2D eigenvalue weighted by atomic mass is 35.5. The van der Waals surface area contributed by atoms with Crippen LogP contribution in [0.2, 0.25) is 10.0 Å². The number of nitrogens with one attached hydrogen (secondary N) is 1. The second-order valence-electron chi connectivity index (χ2n) is 5.68. The third-order valence-corrected chi connectivity index (χ3v) is 4.80. The molecule has 0 spiro atoms. The first-order chi connectivity index (χ1) is 11.4. The molecule has 0 saturated heterocycles. The Morgan fingerprint density at radius 3 is 2.62 bits per heavy atom. The molecule has 6 heteroatoms. The maximum atomic E-state index is 12.7. The van der Waals surface area contributed by atoms with Crippen molar-refractivity contribution in [3.8, 4) is 0 Å². The molecule has 1 heterocycles.